The molecule has 7 heteroatoms. The zero-order valence-corrected chi connectivity index (χ0v) is 17.6. The Hall–Kier alpha value is -4.52. The Morgan fingerprint density at radius 1 is 0.818 bits per heavy atom. The number of benzene rings is 3. The Labute approximate surface area is 190 Å². The predicted molar refractivity (Wildman–Crippen MR) is 125 cm³/mol. The van der Waals surface area contributed by atoms with Gasteiger partial charge >= 0.3 is 0 Å². The molecule has 0 saturated carbocycles. The minimum absolute atomic E-state index is 0.165. The monoisotopic (exact) mass is 436 g/mol. The molecule has 5 rings (SSSR count). The summed E-state index contributed by atoms with van der Waals surface area (Å²) in [7, 11) is 0. The molecule has 0 fully saturated rings. The molecule has 0 bridgehead atoms. The highest BCUT2D eigenvalue weighted by molar-refractivity contribution is 6.34. The number of aromatic nitrogens is 2. The third kappa shape index (κ3) is 4.04. The summed E-state index contributed by atoms with van der Waals surface area (Å²) in [5.74, 6) is -0.897. The molecule has 1 aliphatic heterocycles. The standard InChI is InChI=1S/C26H20N4O3/c31-24(14-13-18-16-27-29(17-18)20-8-2-1-3-9-20)28-19-7-6-10-21(15-19)30-25(32)22-11-4-5-12-23(22)26(30)33/h1-12,15-17H,13-14H2,(H,28,31). The number of hydrogen-bond acceptors (Lipinski definition) is 4. The Kier molecular flexibility index (Phi) is 5.28. The molecular weight excluding hydrogens is 416 g/mol. The van der Waals surface area contributed by atoms with Crippen LogP contribution in [0.3, 0.4) is 0 Å². The van der Waals surface area contributed by atoms with Crippen molar-refractivity contribution in [1.82, 2.24) is 9.78 Å². The van der Waals surface area contributed by atoms with Crippen LogP contribution in [0.15, 0.2) is 91.3 Å². The molecule has 0 spiro atoms. The molecule has 0 radical (unpaired) electrons. The number of nitrogens with zero attached hydrogens (tertiary/aromatic N) is 3. The third-order valence-corrected chi connectivity index (χ3v) is 5.48. The van der Waals surface area contributed by atoms with Crippen LogP contribution in [0.5, 0.6) is 0 Å². The molecular formula is C26H20N4O3. The van der Waals surface area contributed by atoms with Gasteiger partial charge in [-0.15, -0.1) is 0 Å². The number of amides is 3. The van der Waals surface area contributed by atoms with E-state index in [1.807, 2.05) is 36.5 Å². The van der Waals surface area contributed by atoms with Crippen LogP contribution in [-0.2, 0) is 11.2 Å². The molecule has 3 amide bonds. The summed E-state index contributed by atoms with van der Waals surface area (Å²) in [4.78, 5) is 39.1. The van der Waals surface area contributed by atoms with Crippen LogP contribution in [0.4, 0.5) is 11.4 Å². The molecule has 3 aromatic carbocycles. The lowest BCUT2D eigenvalue weighted by Gasteiger charge is -2.15. The van der Waals surface area contributed by atoms with E-state index in [1.165, 1.54) is 0 Å². The Balaban J connectivity index is 1.23. The van der Waals surface area contributed by atoms with E-state index in [0.717, 1.165) is 16.2 Å². The van der Waals surface area contributed by atoms with Crippen molar-refractivity contribution in [2.75, 3.05) is 10.2 Å². The summed E-state index contributed by atoms with van der Waals surface area (Å²) < 4.78 is 1.78. The van der Waals surface area contributed by atoms with E-state index in [-0.39, 0.29) is 24.1 Å². The number of carbonyl (C=O) groups is 3. The van der Waals surface area contributed by atoms with Gasteiger partial charge in [-0.1, -0.05) is 36.4 Å². The van der Waals surface area contributed by atoms with Gasteiger partial charge in [0.15, 0.2) is 0 Å². The quantitative estimate of drug-likeness (QED) is 0.458. The lowest BCUT2D eigenvalue weighted by molar-refractivity contribution is -0.116. The van der Waals surface area contributed by atoms with Crippen molar-refractivity contribution >= 4 is 29.1 Å². The van der Waals surface area contributed by atoms with Crippen LogP contribution in [0.1, 0.15) is 32.7 Å². The van der Waals surface area contributed by atoms with Crippen LogP contribution < -0.4 is 10.2 Å². The molecule has 1 N–H and O–H groups in total. The lowest BCUT2D eigenvalue weighted by Crippen LogP contribution is -2.29. The summed E-state index contributed by atoms with van der Waals surface area (Å²) in [6.07, 6.45) is 4.48. The zero-order valence-electron chi connectivity index (χ0n) is 17.6. The van der Waals surface area contributed by atoms with Gasteiger partial charge < -0.3 is 5.32 Å². The van der Waals surface area contributed by atoms with E-state index in [1.54, 1.807) is 59.4 Å². The minimum atomic E-state index is -0.366. The molecule has 33 heavy (non-hydrogen) atoms. The summed E-state index contributed by atoms with van der Waals surface area (Å²) >= 11 is 0. The highest BCUT2D eigenvalue weighted by atomic mass is 16.2. The number of carbonyl (C=O) groups excluding carboxylic acids is 3. The second kappa shape index (κ2) is 8.55. The van der Waals surface area contributed by atoms with E-state index in [4.69, 9.17) is 0 Å². The molecule has 7 nitrogen and oxygen atoms in total. The maximum absolute atomic E-state index is 12.7. The fourth-order valence-corrected chi connectivity index (χ4v) is 3.84. The molecule has 4 aromatic rings. The SMILES string of the molecule is O=C(CCc1cnn(-c2ccccc2)c1)Nc1cccc(N2C(=O)c3ccccc3C2=O)c1. The maximum atomic E-state index is 12.7. The summed E-state index contributed by atoms with van der Waals surface area (Å²) in [6, 6.07) is 23.2. The number of anilines is 2. The van der Waals surface area contributed by atoms with Crippen molar-refractivity contribution in [2.45, 2.75) is 12.8 Å². The first kappa shape index (κ1) is 20.4. The predicted octanol–water partition coefficient (Wildman–Crippen LogP) is 4.24. The van der Waals surface area contributed by atoms with E-state index >= 15 is 0 Å². The van der Waals surface area contributed by atoms with Crippen molar-refractivity contribution in [1.29, 1.82) is 0 Å². The van der Waals surface area contributed by atoms with Gasteiger partial charge in [0.1, 0.15) is 0 Å². The van der Waals surface area contributed by atoms with Gasteiger partial charge in [-0.3, -0.25) is 14.4 Å². The number of hydrogen-bond donors (Lipinski definition) is 1. The van der Waals surface area contributed by atoms with Gasteiger partial charge in [0.05, 0.1) is 28.7 Å². The first-order valence-corrected chi connectivity index (χ1v) is 10.6. The Bertz CT molecular complexity index is 1330. The molecule has 0 saturated heterocycles. The Morgan fingerprint density at radius 3 is 2.21 bits per heavy atom. The van der Waals surface area contributed by atoms with Crippen LogP contribution in [0, 0.1) is 0 Å². The molecule has 0 atom stereocenters. The van der Waals surface area contributed by atoms with Crippen molar-refractivity contribution < 1.29 is 14.4 Å². The molecule has 162 valence electrons. The molecule has 0 unspecified atom stereocenters. The van der Waals surface area contributed by atoms with Gasteiger partial charge in [0.2, 0.25) is 5.91 Å². The summed E-state index contributed by atoms with van der Waals surface area (Å²) in [6.45, 7) is 0. The third-order valence-electron chi connectivity index (χ3n) is 5.48. The van der Waals surface area contributed by atoms with E-state index < -0.39 is 0 Å². The van der Waals surface area contributed by atoms with Crippen molar-refractivity contribution in [3.05, 3.63) is 108 Å². The lowest BCUT2D eigenvalue weighted by atomic mass is 10.1. The average Bonchev–Trinajstić information content (AvgIpc) is 3.42. The fraction of sp³-hybridized carbons (Fsp3) is 0.0769. The van der Waals surface area contributed by atoms with Crippen molar-refractivity contribution in [2.24, 2.45) is 0 Å². The molecule has 2 heterocycles. The number of aryl methyl sites for hydroxylation is 1. The summed E-state index contributed by atoms with van der Waals surface area (Å²) in [5, 5.41) is 7.20. The average molecular weight is 436 g/mol. The number of rotatable bonds is 6. The number of nitrogens with one attached hydrogen (secondary N) is 1. The van der Waals surface area contributed by atoms with Crippen molar-refractivity contribution in [3.8, 4) is 5.69 Å². The topological polar surface area (TPSA) is 84.3 Å². The number of para-hydroxylation sites is 1. The highest BCUT2D eigenvalue weighted by Crippen LogP contribution is 2.29. The van der Waals surface area contributed by atoms with Gasteiger partial charge in [-0.2, -0.15) is 5.10 Å². The minimum Gasteiger partial charge on any atom is -0.326 e. The largest absolute Gasteiger partial charge is 0.326 e. The first-order chi connectivity index (χ1) is 16.1. The Morgan fingerprint density at radius 2 is 1.48 bits per heavy atom. The van der Waals surface area contributed by atoms with Gasteiger partial charge in [-0.05, 0) is 54.4 Å². The second-order valence-electron chi connectivity index (χ2n) is 7.72. The van der Waals surface area contributed by atoms with Crippen molar-refractivity contribution in [3.63, 3.8) is 0 Å². The first-order valence-electron chi connectivity index (χ1n) is 10.6. The maximum Gasteiger partial charge on any atom is 0.266 e. The van der Waals surface area contributed by atoms with Gasteiger partial charge in [-0.25, -0.2) is 9.58 Å². The summed E-state index contributed by atoms with van der Waals surface area (Å²) in [5.41, 5.74) is 3.62. The molecule has 0 aliphatic carbocycles. The van der Waals surface area contributed by atoms with Gasteiger partial charge in [0, 0.05) is 18.3 Å². The molecule has 1 aromatic heterocycles. The fourth-order valence-electron chi connectivity index (χ4n) is 3.84. The van der Waals surface area contributed by atoms with Gasteiger partial charge in [0.25, 0.3) is 11.8 Å². The van der Waals surface area contributed by atoms with E-state index in [9.17, 15) is 14.4 Å². The highest BCUT2D eigenvalue weighted by Gasteiger charge is 2.36. The number of imide groups is 1. The normalized spacial score (nSPS) is 12.7. The van der Waals surface area contributed by atoms with Crippen LogP contribution in [-0.4, -0.2) is 27.5 Å². The van der Waals surface area contributed by atoms with Crippen LogP contribution in [0.2, 0.25) is 0 Å². The van der Waals surface area contributed by atoms with Crippen LogP contribution in [0.25, 0.3) is 5.69 Å². The van der Waals surface area contributed by atoms with Crippen LogP contribution >= 0.6 is 0 Å². The molecule has 1 aliphatic rings. The number of fused-ring (bicyclic) bond motifs is 1. The van der Waals surface area contributed by atoms with E-state index in [0.29, 0.717) is 28.9 Å². The second-order valence-corrected chi connectivity index (χ2v) is 7.72. The van der Waals surface area contributed by atoms with E-state index in [2.05, 4.69) is 10.4 Å². The zero-order chi connectivity index (χ0) is 22.8. The smallest absolute Gasteiger partial charge is 0.266 e.